The lowest BCUT2D eigenvalue weighted by molar-refractivity contribution is -0.137. The average molecular weight is 383 g/mol. The maximum atomic E-state index is 13.6. The van der Waals surface area contributed by atoms with Gasteiger partial charge in [0, 0.05) is 38.2 Å². The number of anilines is 1. The molecule has 2 amide bonds. The monoisotopic (exact) mass is 383 g/mol. The van der Waals surface area contributed by atoms with Gasteiger partial charge in [0.1, 0.15) is 11.9 Å². The summed E-state index contributed by atoms with van der Waals surface area (Å²) in [5, 5.41) is 2.52. The molecule has 0 bridgehead atoms. The molecule has 144 valence electrons. The standard InChI is InChI=1S/C18H17F4N3O2/c19-14-3-1-2-4-15(14)24-17(26)25-9-7-13(8-10-25)27-16-6-5-12(11-23-16)18(20,21)22/h1-6,11,13H,7-10H2,(H,24,26). The Balaban J connectivity index is 1.50. The molecule has 5 nitrogen and oxygen atoms in total. The van der Waals surface area contributed by atoms with E-state index in [0.717, 1.165) is 12.3 Å². The molecule has 0 saturated carbocycles. The molecule has 0 spiro atoms. The SMILES string of the molecule is O=C(Nc1ccccc1F)N1CCC(Oc2ccc(C(F)(F)F)cn2)CC1. The van der Waals surface area contributed by atoms with Crippen LogP contribution in [0.3, 0.4) is 0 Å². The summed E-state index contributed by atoms with van der Waals surface area (Å²) in [7, 11) is 0. The largest absolute Gasteiger partial charge is 0.474 e. The van der Waals surface area contributed by atoms with Crippen LogP contribution in [0.4, 0.5) is 28.0 Å². The maximum absolute atomic E-state index is 13.6. The predicted molar refractivity (Wildman–Crippen MR) is 89.9 cm³/mol. The summed E-state index contributed by atoms with van der Waals surface area (Å²) in [6, 6.07) is 7.57. The van der Waals surface area contributed by atoms with E-state index in [2.05, 4.69) is 10.3 Å². The van der Waals surface area contributed by atoms with Gasteiger partial charge in [0.05, 0.1) is 11.3 Å². The smallest absolute Gasteiger partial charge is 0.417 e. The number of rotatable bonds is 3. The van der Waals surface area contributed by atoms with E-state index in [1.54, 1.807) is 6.07 Å². The number of halogens is 4. The molecule has 27 heavy (non-hydrogen) atoms. The van der Waals surface area contributed by atoms with Gasteiger partial charge in [-0.3, -0.25) is 0 Å². The van der Waals surface area contributed by atoms with Crippen molar-refractivity contribution in [2.75, 3.05) is 18.4 Å². The second kappa shape index (κ2) is 7.81. The molecule has 3 rings (SSSR count). The van der Waals surface area contributed by atoms with Gasteiger partial charge in [0.15, 0.2) is 0 Å². The fourth-order valence-corrected chi connectivity index (χ4v) is 2.72. The van der Waals surface area contributed by atoms with Crippen molar-refractivity contribution in [3.63, 3.8) is 0 Å². The Labute approximate surface area is 153 Å². The molecule has 0 atom stereocenters. The van der Waals surface area contributed by atoms with Gasteiger partial charge in [-0.1, -0.05) is 12.1 Å². The van der Waals surface area contributed by atoms with Crippen LogP contribution in [0.5, 0.6) is 5.88 Å². The van der Waals surface area contributed by atoms with Gasteiger partial charge < -0.3 is 15.0 Å². The zero-order chi connectivity index (χ0) is 19.4. The third-order valence-electron chi connectivity index (χ3n) is 4.20. The first-order valence-electron chi connectivity index (χ1n) is 8.33. The number of nitrogens with zero attached hydrogens (tertiary/aromatic N) is 2. The van der Waals surface area contributed by atoms with Gasteiger partial charge in [-0.05, 0) is 18.2 Å². The number of benzene rings is 1. The van der Waals surface area contributed by atoms with Crippen LogP contribution in [0.25, 0.3) is 0 Å². The minimum absolute atomic E-state index is 0.106. The Morgan fingerprint density at radius 3 is 2.44 bits per heavy atom. The fourth-order valence-electron chi connectivity index (χ4n) is 2.72. The van der Waals surface area contributed by atoms with Crippen LogP contribution in [0, 0.1) is 5.82 Å². The second-order valence-corrected chi connectivity index (χ2v) is 6.10. The van der Waals surface area contributed by atoms with Crippen molar-refractivity contribution < 1.29 is 27.1 Å². The van der Waals surface area contributed by atoms with Crippen LogP contribution in [0.1, 0.15) is 18.4 Å². The average Bonchev–Trinajstić information content (AvgIpc) is 2.64. The molecule has 1 fully saturated rings. The lowest BCUT2D eigenvalue weighted by Crippen LogP contribution is -2.43. The number of aromatic nitrogens is 1. The summed E-state index contributed by atoms with van der Waals surface area (Å²) in [4.78, 5) is 17.4. The third-order valence-corrected chi connectivity index (χ3v) is 4.20. The summed E-state index contributed by atoms with van der Waals surface area (Å²) in [5.41, 5.74) is -0.732. The van der Waals surface area contributed by atoms with Gasteiger partial charge in [-0.25, -0.2) is 14.2 Å². The van der Waals surface area contributed by atoms with E-state index in [1.807, 2.05) is 0 Å². The Kier molecular flexibility index (Phi) is 5.48. The lowest BCUT2D eigenvalue weighted by Gasteiger charge is -2.32. The fraction of sp³-hybridized carbons (Fsp3) is 0.333. The Morgan fingerprint density at radius 2 is 1.85 bits per heavy atom. The van der Waals surface area contributed by atoms with Gasteiger partial charge in [-0.15, -0.1) is 0 Å². The highest BCUT2D eigenvalue weighted by atomic mass is 19.4. The third kappa shape index (κ3) is 4.87. The molecule has 1 aromatic heterocycles. The molecule has 9 heteroatoms. The van der Waals surface area contributed by atoms with E-state index in [4.69, 9.17) is 4.74 Å². The zero-order valence-electron chi connectivity index (χ0n) is 14.2. The van der Waals surface area contributed by atoms with Crippen LogP contribution in [0.2, 0.25) is 0 Å². The van der Waals surface area contributed by atoms with E-state index in [1.165, 1.54) is 29.2 Å². The van der Waals surface area contributed by atoms with Crippen molar-refractivity contribution in [1.29, 1.82) is 0 Å². The van der Waals surface area contributed by atoms with Crippen LogP contribution in [0.15, 0.2) is 42.6 Å². The zero-order valence-corrected chi connectivity index (χ0v) is 14.2. The molecule has 1 N–H and O–H groups in total. The van der Waals surface area contributed by atoms with E-state index in [-0.39, 0.29) is 17.7 Å². The van der Waals surface area contributed by atoms with E-state index < -0.39 is 23.6 Å². The quantitative estimate of drug-likeness (QED) is 0.804. The molecule has 1 aliphatic heterocycles. The minimum atomic E-state index is -4.44. The Morgan fingerprint density at radius 1 is 1.15 bits per heavy atom. The van der Waals surface area contributed by atoms with Crippen molar-refractivity contribution >= 4 is 11.7 Å². The van der Waals surface area contributed by atoms with Crippen LogP contribution >= 0.6 is 0 Å². The van der Waals surface area contributed by atoms with Crippen molar-refractivity contribution in [3.05, 3.63) is 54.0 Å². The first-order valence-corrected chi connectivity index (χ1v) is 8.33. The molecule has 2 heterocycles. The van der Waals surface area contributed by atoms with Crippen LogP contribution in [-0.2, 0) is 6.18 Å². The number of amides is 2. The number of nitrogens with one attached hydrogen (secondary N) is 1. The van der Waals surface area contributed by atoms with Crippen molar-refractivity contribution in [3.8, 4) is 5.88 Å². The molecular formula is C18H17F4N3O2. The molecule has 0 radical (unpaired) electrons. The van der Waals surface area contributed by atoms with Crippen LogP contribution < -0.4 is 10.1 Å². The first-order chi connectivity index (χ1) is 12.8. The van der Waals surface area contributed by atoms with Gasteiger partial charge in [-0.2, -0.15) is 13.2 Å². The molecular weight excluding hydrogens is 366 g/mol. The van der Waals surface area contributed by atoms with Gasteiger partial charge in [0.25, 0.3) is 0 Å². The molecule has 0 aliphatic carbocycles. The van der Waals surface area contributed by atoms with Gasteiger partial charge >= 0.3 is 12.2 Å². The Hall–Kier alpha value is -2.84. The van der Waals surface area contributed by atoms with Crippen LogP contribution in [-0.4, -0.2) is 35.1 Å². The summed E-state index contributed by atoms with van der Waals surface area (Å²) in [6.45, 7) is 0.761. The predicted octanol–water partition coefficient (Wildman–Crippen LogP) is 4.31. The van der Waals surface area contributed by atoms with Crippen molar-refractivity contribution in [2.45, 2.75) is 25.1 Å². The summed E-state index contributed by atoms with van der Waals surface area (Å²) < 4.78 is 56.8. The number of alkyl halides is 3. The number of para-hydroxylation sites is 1. The number of pyridine rings is 1. The normalized spacial score (nSPS) is 15.5. The number of carbonyl (C=O) groups excluding carboxylic acids is 1. The highest BCUT2D eigenvalue weighted by Gasteiger charge is 2.31. The summed E-state index contributed by atoms with van der Waals surface area (Å²) in [6.07, 6.45) is -2.98. The van der Waals surface area contributed by atoms with Crippen molar-refractivity contribution in [1.82, 2.24) is 9.88 Å². The van der Waals surface area contributed by atoms with E-state index in [9.17, 15) is 22.4 Å². The van der Waals surface area contributed by atoms with Gasteiger partial charge in [0.2, 0.25) is 5.88 Å². The molecule has 0 unspecified atom stereocenters. The number of piperidine rings is 1. The minimum Gasteiger partial charge on any atom is -0.474 e. The number of likely N-dealkylation sites (tertiary alicyclic amines) is 1. The molecule has 1 aromatic carbocycles. The number of carbonyl (C=O) groups is 1. The first kappa shape index (κ1) is 18.9. The number of ether oxygens (including phenoxy) is 1. The molecule has 2 aromatic rings. The lowest BCUT2D eigenvalue weighted by atomic mass is 10.1. The maximum Gasteiger partial charge on any atom is 0.417 e. The number of hydrogen-bond donors (Lipinski definition) is 1. The second-order valence-electron chi connectivity index (χ2n) is 6.10. The summed E-state index contributed by atoms with van der Waals surface area (Å²) >= 11 is 0. The Bertz CT molecular complexity index is 788. The number of hydrogen-bond acceptors (Lipinski definition) is 3. The molecule has 1 aliphatic rings. The van der Waals surface area contributed by atoms with Crippen molar-refractivity contribution in [2.24, 2.45) is 0 Å². The highest BCUT2D eigenvalue weighted by Crippen LogP contribution is 2.29. The number of urea groups is 1. The van der Waals surface area contributed by atoms with E-state index in [0.29, 0.717) is 25.9 Å². The topological polar surface area (TPSA) is 54.5 Å². The summed E-state index contributed by atoms with van der Waals surface area (Å²) in [5.74, 6) is -0.408. The highest BCUT2D eigenvalue weighted by molar-refractivity contribution is 5.89. The molecule has 1 saturated heterocycles. The van der Waals surface area contributed by atoms with E-state index >= 15 is 0 Å².